The summed E-state index contributed by atoms with van der Waals surface area (Å²) in [6.07, 6.45) is 6.44. The zero-order valence-electron chi connectivity index (χ0n) is 15.7. The molecule has 148 valence electrons. The maximum absolute atomic E-state index is 12.7. The third kappa shape index (κ3) is 5.92. The van der Waals surface area contributed by atoms with Gasteiger partial charge < -0.3 is 10.6 Å². The predicted molar refractivity (Wildman–Crippen MR) is 104 cm³/mol. The molecule has 2 N–H and O–H groups in total. The first-order chi connectivity index (χ1) is 12.8. The molecule has 7 nitrogen and oxygen atoms in total. The Labute approximate surface area is 164 Å². The third-order valence-electron chi connectivity index (χ3n) is 4.84. The topological polar surface area (TPSA) is 101 Å². The van der Waals surface area contributed by atoms with Crippen LogP contribution in [0, 0.1) is 16.0 Å². The second-order valence-corrected chi connectivity index (χ2v) is 7.72. The number of hydrogen-bond donors (Lipinski definition) is 2. The summed E-state index contributed by atoms with van der Waals surface area (Å²) in [5, 5.41) is 16.8. The van der Waals surface area contributed by atoms with Gasteiger partial charge in [-0.3, -0.25) is 19.7 Å². The van der Waals surface area contributed by atoms with E-state index in [9.17, 15) is 19.7 Å². The Morgan fingerprint density at radius 2 is 1.81 bits per heavy atom. The minimum absolute atomic E-state index is 0.0150. The summed E-state index contributed by atoms with van der Waals surface area (Å²) in [6, 6.07) is 3.05. The molecule has 0 unspecified atom stereocenters. The maximum Gasteiger partial charge on any atom is 0.270 e. The van der Waals surface area contributed by atoms with E-state index in [1.165, 1.54) is 25.0 Å². The van der Waals surface area contributed by atoms with Gasteiger partial charge in [0.1, 0.15) is 6.04 Å². The van der Waals surface area contributed by atoms with Crippen molar-refractivity contribution in [3.05, 3.63) is 38.9 Å². The average Bonchev–Trinajstić information content (AvgIpc) is 2.87. The second-order valence-electron chi connectivity index (χ2n) is 7.31. The zero-order valence-corrected chi connectivity index (χ0v) is 16.4. The summed E-state index contributed by atoms with van der Waals surface area (Å²) in [7, 11) is 0. The molecule has 1 fully saturated rings. The predicted octanol–water partition coefficient (Wildman–Crippen LogP) is 3.84. The van der Waals surface area contributed by atoms with E-state index >= 15 is 0 Å². The lowest BCUT2D eigenvalue weighted by Crippen LogP contribution is -2.52. The van der Waals surface area contributed by atoms with Crippen LogP contribution in [-0.4, -0.2) is 28.8 Å². The van der Waals surface area contributed by atoms with Gasteiger partial charge in [0.25, 0.3) is 11.6 Å². The standard InChI is InChI=1S/C19H26ClN3O4/c1-12(2)17(19(25)21-13-7-5-3-4-6-8-13)22-18(24)15-11-14(23(26)27)9-10-16(15)20/h9-13,17H,3-8H2,1-2H3,(H,21,25)(H,22,24)/t17-/m0/s1. The van der Waals surface area contributed by atoms with E-state index in [2.05, 4.69) is 10.6 Å². The lowest BCUT2D eigenvalue weighted by molar-refractivity contribution is -0.384. The Hall–Kier alpha value is -2.15. The van der Waals surface area contributed by atoms with Crippen LogP contribution in [0.1, 0.15) is 62.7 Å². The van der Waals surface area contributed by atoms with E-state index in [-0.39, 0.29) is 34.1 Å². The molecule has 1 aromatic rings. The van der Waals surface area contributed by atoms with Gasteiger partial charge in [0.15, 0.2) is 0 Å². The summed E-state index contributed by atoms with van der Waals surface area (Å²) in [4.78, 5) is 35.7. The van der Waals surface area contributed by atoms with Crippen LogP contribution in [0.2, 0.25) is 5.02 Å². The SMILES string of the molecule is CC(C)[C@H](NC(=O)c1cc([N+](=O)[O-])ccc1Cl)C(=O)NC1CCCCCC1. The highest BCUT2D eigenvalue weighted by atomic mass is 35.5. The molecule has 27 heavy (non-hydrogen) atoms. The molecular formula is C19H26ClN3O4. The second kappa shape index (κ2) is 9.69. The van der Waals surface area contributed by atoms with Crippen molar-refractivity contribution in [2.75, 3.05) is 0 Å². The van der Waals surface area contributed by atoms with Crippen LogP contribution in [-0.2, 0) is 4.79 Å². The number of hydrogen-bond acceptors (Lipinski definition) is 4. The summed E-state index contributed by atoms with van der Waals surface area (Å²) in [5.41, 5.74) is -0.243. The molecule has 1 aromatic carbocycles. The van der Waals surface area contributed by atoms with Gasteiger partial charge in [0.05, 0.1) is 15.5 Å². The van der Waals surface area contributed by atoms with Crippen LogP contribution in [0.3, 0.4) is 0 Å². The third-order valence-corrected chi connectivity index (χ3v) is 5.17. The van der Waals surface area contributed by atoms with Gasteiger partial charge in [-0.1, -0.05) is 51.1 Å². The van der Waals surface area contributed by atoms with Gasteiger partial charge in [0.2, 0.25) is 5.91 Å². The minimum Gasteiger partial charge on any atom is -0.352 e. The number of non-ortho nitro benzene ring substituents is 1. The van der Waals surface area contributed by atoms with Crippen molar-refractivity contribution in [3.8, 4) is 0 Å². The zero-order chi connectivity index (χ0) is 20.0. The fraction of sp³-hybridized carbons (Fsp3) is 0.579. The Balaban J connectivity index is 2.10. The Bertz CT molecular complexity index is 700. The lowest BCUT2D eigenvalue weighted by atomic mass is 10.0. The maximum atomic E-state index is 12.7. The number of nitrogens with one attached hydrogen (secondary N) is 2. The van der Waals surface area contributed by atoms with E-state index < -0.39 is 16.9 Å². The van der Waals surface area contributed by atoms with Crippen molar-refractivity contribution < 1.29 is 14.5 Å². The first-order valence-corrected chi connectivity index (χ1v) is 9.72. The monoisotopic (exact) mass is 395 g/mol. The summed E-state index contributed by atoms with van der Waals surface area (Å²) < 4.78 is 0. The first-order valence-electron chi connectivity index (χ1n) is 9.34. The van der Waals surface area contributed by atoms with Crippen molar-refractivity contribution in [2.24, 2.45) is 5.92 Å². The number of benzene rings is 1. The minimum atomic E-state index is -0.740. The van der Waals surface area contributed by atoms with Gasteiger partial charge in [-0.25, -0.2) is 0 Å². The molecule has 0 heterocycles. The van der Waals surface area contributed by atoms with Crippen LogP contribution in [0.5, 0.6) is 0 Å². The van der Waals surface area contributed by atoms with Gasteiger partial charge in [-0.15, -0.1) is 0 Å². The van der Waals surface area contributed by atoms with Gasteiger partial charge >= 0.3 is 0 Å². The van der Waals surface area contributed by atoms with Crippen LogP contribution < -0.4 is 10.6 Å². The molecular weight excluding hydrogens is 370 g/mol. The van der Waals surface area contributed by atoms with Crippen LogP contribution in [0.4, 0.5) is 5.69 Å². The molecule has 8 heteroatoms. The molecule has 0 radical (unpaired) electrons. The molecule has 1 aliphatic rings. The van der Waals surface area contributed by atoms with E-state index in [1.807, 2.05) is 13.8 Å². The normalized spacial score (nSPS) is 16.4. The molecule has 1 aliphatic carbocycles. The molecule has 2 amide bonds. The Kier molecular flexibility index (Phi) is 7.59. The highest BCUT2D eigenvalue weighted by Crippen LogP contribution is 2.22. The molecule has 0 spiro atoms. The number of carbonyl (C=O) groups is 2. The number of nitrogens with zero attached hydrogens (tertiary/aromatic N) is 1. The average molecular weight is 396 g/mol. The van der Waals surface area contributed by atoms with E-state index in [0.29, 0.717) is 0 Å². The highest BCUT2D eigenvalue weighted by molar-refractivity contribution is 6.34. The summed E-state index contributed by atoms with van der Waals surface area (Å²) >= 11 is 6.03. The van der Waals surface area contributed by atoms with Crippen LogP contribution in [0.15, 0.2) is 18.2 Å². The number of nitro benzene ring substituents is 1. The number of rotatable bonds is 6. The molecule has 0 aromatic heterocycles. The largest absolute Gasteiger partial charge is 0.352 e. The molecule has 0 bridgehead atoms. The van der Waals surface area contributed by atoms with E-state index in [4.69, 9.17) is 11.6 Å². The van der Waals surface area contributed by atoms with E-state index in [1.54, 1.807) is 0 Å². The van der Waals surface area contributed by atoms with Gasteiger partial charge in [0, 0.05) is 18.2 Å². The van der Waals surface area contributed by atoms with Crippen LogP contribution in [0.25, 0.3) is 0 Å². The summed E-state index contributed by atoms with van der Waals surface area (Å²) in [5.74, 6) is -0.970. The smallest absolute Gasteiger partial charge is 0.270 e. The quantitative estimate of drug-likeness (QED) is 0.434. The van der Waals surface area contributed by atoms with Gasteiger partial charge in [-0.05, 0) is 24.8 Å². The molecule has 0 aliphatic heterocycles. The fourth-order valence-corrected chi connectivity index (χ4v) is 3.47. The number of halogens is 1. The molecule has 1 atom stereocenters. The molecule has 1 saturated carbocycles. The number of nitro groups is 1. The number of carbonyl (C=O) groups excluding carboxylic acids is 2. The van der Waals surface area contributed by atoms with Crippen molar-refractivity contribution in [1.29, 1.82) is 0 Å². The molecule has 2 rings (SSSR count). The Morgan fingerprint density at radius 1 is 1.19 bits per heavy atom. The fourth-order valence-electron chi connectivity index (χ4n) is 3.27. The summed E-state index contributed by atoms with van der Waals surface area (Å²) in [6.45, 7) is 3.68. The highest BCUT2D eigenvalue weighted by Gasteiger charge is 2.28. The molecule has 0 saturated heterocycles. The van der Waals surface area contributed by atoms with Crippen molar-refractivity contribution in [3.63, 3.8) is 0 Å². The van der Waals surface area contributed by atoms with Crippen molar-refractivity contribution in [1.82, 2.24) is 10.6 Å². The number of amides is 2. The van der Waals surface area contributed by atoms with Crippen molar-refractivity contribution in [2.45, 2.75) is 64.5 Å². The van der Waals surface area contributed by atoms with Crippen molar-refractivity contribution >= 4 is 29.1 Å². The van der Waals surface area contributed by atoms with E-state index in [0.717, 1.165) is 31.7 Å². The lowest BCUT2D eigenvalue weighted by Gasteiger charge is -2.25. The Morgan fingerprint density at radius 3 is 2.37 bits per heavy atom. The van der Waals surface area contributed by atoms with Crippen LogP contribution >= 0.6 is 11.6 Å². The first kappa shape index (κ1) is 21.2. The van der Waals surface area contributed by atoms with Gasteiger partial charge in [-0.2, -0.15) is 0 Å².